The Morgan fingerprint density at radius 3 is 2.76 bits per heavy atom. The first kappa shape index (κ1) is 15.9. The summed E-state index contributed by atoms with van der Waals surface area (Å²) in [5, 5.41) is 9.26. The van der Waals surface area contributed by atoms with E-state index in [-0.39, 0.29) is 13.0 Å². The second-order valence-electron chi connectivity index (χ2n) is 5.02. The molecule has 10 heteroatoms. The maximum atomic E-state index is 11.8. The van der Waals surface area contributed by atoms with Gasteiger partial charge in [0.05, 0.1) is 25.0 Å². The number of rotatable bonds is 4. The number of aromatic nitrogens is 2. The van der Waals surface area contributed by atoms with E-state index in [9.17, 15) is 23.1 Å². The van der Waals surface area contributed by atoms with Gasteiger partial charge in [-0.1, -0.05) is 0 Å². The smallest absolute Gasteiger partial charge is 0.330 e. The van der Waals surface area contributed by atoms with Crippen LogP contribution in [0.3, 0.4) is 0 Å². The number of aliphatic hydroxyl groups is 1. The molecule has 1 aliphatic rings. The summed E-state index contributed by atoms with van der Waals surface area (Å²) in [6.07, 6.45) is 1.01. The molecule has 9 nitrogen and oxygen atoms in total. The molecule has 1 fully saturated rings. The lowest BCUT2D eigenvalue weighted by Gasteiger charge is -2.16. The molecule has 0 saturated carbocycles. The molecule has 21 heavy (non-hydrogen) atoms. The van der Waals surface area contributed by atoms with Gasteiger partial charge >= 0.3 is 5.69 Å². The lowest BCUT2D eigenvalue weighted by atomic mass is 10.1. The van der Waals surface area contributed by atoms with Crippen LogP contribution < -0.4 is 16.0 Å². The topological polar surface area (TPSA) is 130 Å². The Hall–Kier alpha value is -1.49. The molecule has 0 aliphatic carbocycles. The van der Waals surface area contributed by atoms with Crippen molar-refractivity contribution < 1.29 is 18.3 Å². The third-order valence-electron chi connectivity index (χ3n) is 3.24. The zero-order chi connectivity index (χ0) is 15.8. The highest BCUT2D eigenvalue weighted by atomic mass is 32.2. The minimum Gasteiger partial charge on any atom is -0.394 e. The van der Waals surface area contributed by atoms with E-state index in [1.165, 1.54) is 10.8 Å². The van der Waals surface area contributed by atoms with Gasteiger partial charge in [-0.2, -0.15) is 0 Å². The van der Waals surface area contributed by atoms with Crippen molar-refractivity contribution in [3.8, 4) is 0 Å². The maximum Gasteiger partial charge on any atom is 0.330 e. The molecule has 1 aliphatic heterocycles. The average Bonchev–Trinajstić information content (AvgIpc) is 2.74. The van der Waals surface area contributed by atoms with Crippen LogP contribution in [0.2, 0.25) is 0 Å². The van der Waals surface area contributed by atoms with E-state index < -0.39 is 39.6 Å². The number of hydrogen-bond acceptors (Lipinski definition) is 6. The second kappa shape index (κ2) is 5.72. The Balaban J connectivity index is 2.29. The molecule has 1 aromatic rings. The normalized spacial score (nSPS) is 26.1. The summed E-state index contributed by atoms with van der Waals surface area (Å²) in [6.45, 7) is 1.15. The number of hydrogen-bond donors (Lipinski definition) is 3. The van der Waals surface area contributed by atoms with Crippen LogP contribution in [0, 0.1) is 6.92 Å². The zero-order valence-electron chi connectivity index (χ0n) is 11.6. The van der Waals surface area contributed by atoms with Crippen LogP contribution in [-0.2, 0) is 14.8 Å². The fourth-order valence-electron chi connectivity index (χ4n) is 2.27. The molecule has 3 atom stereocenters. The van der Waals surface area contributed by atoms with Crippen molar-refractivity contribution in [2.24, 2.45) is 0 Å². The molecule has 1 saturated heterocycles. The van der Waals surface area contributed by atoms with Gasteiger partial charge in [-0.05, 0) is 6.92 Å². The summed E-state index contributed by atoms with van der Waals surface area (Å²) in [4.78, 5) is 25.3. The largest absolute Gasteiger partial charge is 0.394 e. The van der Waals surface area contributed by atoms with E-state index in [4.69, 9.17) is 4.74 Å². The minimum atomic E-state index is -3.47. The van der Waals surface area contributed by atoms with Crippen LogP contribution >= 0.6 is 0 Å². The molecule has 0 amide bonds. The lowest BCUT2D eigenvalue weighted by Crippen LogP contribution is -2.41. The summed E-state index contributed by atoms with van der Waals surface area (Å²) in [7, 11) is -3.47. The van der Waals surface area contributed by atoms with Crippen molar-refractivity contribution in [1.29, 1.82) is 0 Å². The Morgan fingerprint density at radius 2 is 2.19 bits per heavy atom. The van der Waals surface area contributed by atoms with E-state index in [1.54, 1.807) is 6.92 Å². The molecule has 2 heterocycles. The first-order valence-corrected chi connectivity index (χ1v) is 8.16. The molecule has 0 unspecified atom stereocenters. The number of H-pyrrole nitrogens is 1. The number of aromatic amines is 1. The Morgan fingerprint density at radius 1 is 1.52 bits per heavy atom. The number of sulfonamides is 1. The Kier molecular flexibility index (Phi) is 4.33. The summed E-state index contributed by atoms with van der Waals surface area (Å²) in [6, 6.07) is -0.644. The second-order valence-corrected chi connectivity index (χ2v) is 6.80. The molecule has 0 bridgehead atoms. The minimum absolute atomic E-state index is 0.170. The van der Waals surface area contributed by atoms with Gasteiger partial charge in [0, 0.05) is 18.2 Å². The monoisotopic (exact) mass is 319 g/mol. The summed E-state index contributed by atoms with van der Waals surface area (Å²) in [5.74, 6) is 0. The van der Waals surface area contributed by atoms with Gasteiger partial charge in [-0.15, -0.1) is 0 Å². The number of nitrogens with one attached hydrogen (secondary N) is 2. The molecule has 1 aromatic heterocycles. The van der Waals surface area contributed by atoms with Crippen molar-refractivity contribution in [2.45, 2.75) is 31.7 Å². The van der Waals surface area contributed by atoms with Crippen LogP contribution in [0.5, 0.6) is 0 Å². The molecule has 3 N–H and O–H groups in total. The SMILES string of the molecule is Cc1cn([C@@H]2C[C@@H](NS(C)(=O)=O)[C@@H](CO)O2)c(=O)[nH]c1=O. The number of nitrogens with zero attached hydrogens (tertiary/aromatic N) is 1. The number of ether oxygens (including phenoxy) is 1. The highest BCUT2D eigenvalue weighted by Crippen LogP contribution is 2.27. The van der Waals surface area contributed by atoms with Gasteiger partial charge in [0.25, 0.3) is 5.56 Å². The number of aryl methyl sites for hydroxylation is 1. The molecular formula is C11H17N3O6S. The van der Waals surface area contributed by atoms with Gasteiger partial charge < -0.3 is 9.84 Å². The van der Waals surface area contributed by atoms with Crippen molar-refractivity contribution in [1.82, 2.24) is 14.3 Å². The lowest BCUT2D eigenvalue weighted by molar-refractivity contribution is -0.0279. The van der Waals surface area contributed by atoms with Crippen molar-refractivity contribution >= 4 is 10.0 Å². The van der Waals surface area contributed by atoms with Crippen LogP contribution in [-0.4, -0.2) is 48.1 Å². The van der Waals surface area contributed by atoms with Crippen LogP contribution in [0.25, 0.3) is 0 Å². The van der Waals surface area contributed by atoms with Crippen LogP contribution in [0.15, 0.2) is 15.8 Å². The fraction of sp³-hybridized carbons (Fsp3) is 0.636. The van der Waals surface area contributed by atoms with Crippen LogP contribution in [0.1, 0.15) is 18.2 Å². The molecular weight excluding hydrogens is 302 g/mol. The van der Waals surface area contributed by atoms with Crippen molar-refractivity contribution in [2.75, 3.05) is 12.9 Å². The molecule has 0 aromatic carbocycles. The van der Waals surface area contributed by atoms with E-state index in [1.807, 2.05) is 0 Å². The van der Waals surface area contributed by atoms with Crippen LogP contribution in [0.4, 0.5) is 0 Å². The van der Waals surface area contributed by atoms with Gasteiger partial charge in [0.15, 0.2) is 0 Å². The Bertz CT molecular complexity index is 737. The highest BCUT2D eigenvalue weighted by Gasteiger charge is 2.37. The van der Waals surface area contributed by atoms with Crippen molar-refractivity contribution in [3.63, 3.8) is 0 Å². The van der Waals surface area contributed by atoms with E-state index in [0.29, 0.717) is 5.56 Å². The summed E-state index contributed by atoms with van der Waals surface area (Å²) < 4.78 is 31.6. The van der Waals surface area contributed by atoms with Gasteiger partial charge in [0.1, 0.15) is 6.23 Å². The first-order valence-electron chi connectivity index (χ1n) is 6.27. The van der Waals surface area contributed by atoms with E-state index in [2.05, 4.69) is 9.71 Å². The molecule has 0 spiro atoms. The predicted molar refractivity (Wildman–Crippen MR) is 73.4 cm³/mol. The molecule has 0 radical (unpaired) electrons. The molecule has 2 rings (SSSR count). The van der Waals surface area contributed by atoms with Gasteiger partial charge in [-0.25, -0.2) is 17.9 Å². The quantitative estimate of drug-likeness (QED) is 0.591. The maximum absolute atomic E-state index is 11.8. The van der Waals surface area contributed by atoms with E-state index in [0.717, 1.165) is 6.26 Å². The third-order valence-corrected chi connectivity index (χ3v) is 3.97. The Labute approximate surface area is 120 Å². The highest BCUT2D eigenvalue weighted by molar-refractivity contribution is 7.88. The number of aliphatic hydroxyl groups excluding tert-OH is 1. The van der Waals surface area contributed by atoms with E-state index >= 15 is 0 Å². The summed E-state index contributed by atoms with van der Waals surface area (Å²) >= 11 is 0. The fourth-order valence-corrected chi connectivity index (χ4v) is 3.07. The predicted octanol–water partition coefficient (Wildman–Crippen LogP) is -1.96. The van der Waals surface area contributed by atoms with Gasteiger partial charge in [0.2, 0.25) is 10.0 Å². The first-order chi connectivity index (χ1) is 9.71. The van der Waals surface area contributed by atoms with Gasteiger partial charge in [-0.3, -0.25) is 14.3 Å². The summed E-state index contributed by atoms with van der Waals surface area (Å²) in [5.41, 5.74) is -0.802. The van der Waals surface area contributed by atoms with Crippen molar-refractivity contribution in [3.05, 3.63) is 32.6 Å². The standard InChI is InChI=1S/C11H17N3O6S/c1-6-4-14(11(17)12-10(6)16)9-3-7(8(5-15)20-9)13-21(2,18)19/h4,7-9,13,15H,3,5H2,1-2H3,(H,12,16,17)/t7-,8-,9+/m1/s1. The average molecular weight is 319 g/mol. The third kappa shape index (κ3) is 3.59. The zero-order valence-corrected chi connectivity index (χ0v) is 12.4. The molecule has 118 valence electrons.